The van der Waals surface area contributed by atoms with E-state index in [1.807, 2.05) is 24.3 Å². The van der Waals surface area contributed by atoms with Gasteiger partial charge in [-0.2, -0.15) is 0 Å². The standard InChI is InChI=1S/C23H29ClN2O/c1-18(13-14-19-8-3-2-4-9-19)25-23(27)21-11-7-15-26(17-21)16-20-10-5-6-12-22(20)24/h2-6,8-10,12,18,21H,7,11,13-17H2,1H3,(H,25,27)/t18-,21+/m0/s1. The van der Waals surface area contributed by atoms with Gasteiger partial charge in [0.25, 0.3) is 0 Å². The third-order valence-electron chi connectivity index (χ3n) is 5.33. The van der Waals surface area contributed by atoms with Gasteiger partial charge in [0, 0.05) is 24.2 Å². The lowest BCUT2D eigenvalue weighted by atomic mass is 9.96. The number of carbonyl (C=O) groups is 1. The van der Waals surface area contributed by atoms with Crippen LogP contribution in [0, 0.1) is 5.92 Å². The smallest absolute Gasteiger partial charge is 0.224 e. The van der Waals surface area contributed by atoms with E-state index in [9.17, 15) is 4.79 Å². The van der Waals surface area contributed by atoms with E-state index in [-0.39, 0.29) is 17.9 Å². The van der Waals surface area contributed by atoms with Gasteiger partial charge in [0.2, 0.25) is 5.91 Å². The van der Waals surface area contributed by atoms with E-state index in [0.29, 0.717) is 0 Å². The van der Waals surface area contributed by atoms with E-state index in [0.717, 1.165) is 55.9 Å². The molecule has 2 aromatic carbocycles. The Balaban J connectivity index is 1.47. The summed E-state index contributed by atoms with van der Waals surface area (Å²) < 4.78 is 0. The third-order valence-corrected chi connectivity index (χ3v) is 5.69. The molecule has 0 aliphatic carbocycles. The molecule has 0 unspecified atom stereocenters. The first-order valence-corrected chi connectivity index (χ1v) is 10.3. The number of benzene rings is 2. The van der Waals surface area contributed by atoms with Crippen LogP contribution < -0.4 is 5.32 Å². The lowest BCUT2D eigenvalue weighted by Crippen LogP contribution is -2.45. The fourth-order valence-electron chi connectivity index (χ4n) is 3.74. The Morgan fingerprint density at radius 1 is 1.19 bits per heavy atom. The second kappa shape index (κ2) is 9.91. The molecule has 0 saturated carbocycles. The Hall–Kier alpha value is -1.84. The van der Waals surface area contributed by atoms with Crippen LogP contribution in [0.25, 0.3) is 0 Å². The molecule has 3 rings (SSSR count). The largest absolute Gasteiger partial charge is 0.353 e. The first-order valence-electron chi connectivity index (χ1n) is 9.92. The number of likely N-dealkylation sites (tertiary alicyclic amines) is 1. The number of carbonyl (C=O) groups excluding carboxylic acids is 1. The van der Waals surface area contributed by atoms with Crippen molar-refractivity contribution < 1.29 is 4.79 Å². The van der Waals surface area contributed by atoms with E-state index in [1.165, 1.54) is 5.56 Å². The zero-order valence-electron chi connectivity index (χ0n) is 16.0. The van der Waals surface area contributed by atoms with Crippen LogP contribution in [0.15, 0.2) is 54.6 Å². The average molecular weight is 385 g/mol. The topological polar surface area (TPSA) is 32.3 Å². The molecule has 1 aliphatic heterocycles. The summed E-state index contributed by atoms with van der Waals surface area (Å²) in [6.07, 6.45) is 3.98. The molecule has 3 nitrogen and oxygen atoms in total. The molecule has 0 spiro atoms. The number of piperidine rings is 1. The summed E-state index contributed by atoms with van der Waals surface area (Å²) in [5.41, 5.74) is 2.46. The van der Waals surface area contributed by atoms with Gasteiger partial charge in [-0.1, -0.05) is 60.1 Å². The number of rotatable bonds is 7. The number of hydrogen-bond acceptors (Lipinski definition) is 2. The van der Waals surface area contributed by atoms with E-state index in [2.05, 4.69) is 47.5 Å². The van der Waals surface area contributed by atoms with E-state index in [4.69, 9.17) is 11.6 Å². The van der Waals surface area contributed by atoms with Gasteiger partial charge in [-0.05, 0) is 56.3 Å². The quantitative estimate of drug-likeness (QED) is 0.751. The van der Waals surface area contributed by atoms with E-state index in [1.54, 1.807) is 0 Å². The van der Waals surface area contributed by atoms with Gasteiger partial charge in [-0.3, -0.25) is 9.69 Å². The summed E-state index contributed by atoms with van der Waals surface area (Å²) in [5.74, 6) is 0.264. The van der Waals surface area contributed by atoms with Gasteiger partial charge >= 0.3 is 0 Å². The van der Waals surface area contributed by atoms with Crippen LogP contribution in [0.1, 0.15) is 37.3 Å². The highest BCUT2D eigenvalue weighted by atomic mass is 35.5. The Morgan fingerprint density at radius 2 is 1.93 bits per heavy atom. The highest BCUT2D eigenvalue weighted by Crippen LogP contribution is 2.22. The molecule has 4 heteroatoms. The highest BCUT2D eigenvalue weighted by molar-refractivity contribution is 6.31. The maximum absolute atomic E-state index is 12.7. The summed E-state index contributed by atoms with van der Waals surface area (Å²) in [6.45, 7) is 4.75. The second-order valence-corrected chi connectivity index (χ2v) is 8.01. The van der Waals surface area contributed by atoms with Crippen LogP contribution in [-0.4, -0.2) is 29.9 Å². The Bertz CT molecular complexity index is 734. The van der Waals surface area contributed by atoms with Gasteiger partial charge < -0.3 is 5.32 Å². The van der Waals surface area contributed by atoms with Crippen LogP contribution in [0.2, 0.25) is 5.02 Å². The van der Waals surface area contributed by atoms with Crippen molar-refractivity contribution in [2.45, 2.75) is 45.2 Å². The van der Waals surface area contributed by atoms with Crippen molar-refractivity contribution in [2.75, 3.05) is 13.1 Å². The normalized spacial score (nSPS) is 18.8. The minimum Gasteiger partial charge on any atom is -0.353 e. The second-order valence-electron chi connectivity index (χ2n) is 7.60. The fourth-order valence-corrected chi connectivity index (χ4v) is 3.94. The maximum atomic E-state index is 12.7. The van der Waals surface area contributed by atoms with Crippen LogP contribution in [0.3, 0.4) is 0 Å². The first kappa shape index (κ1) is 19.9. The number of amides is 1. The molecule has 1 N–H and O–H groups in total. The molecular weight excluding hydrogens is 356 g/mol. The Labute approximate surface area is 167 Å². The minimum atomic E-state index is 0.0698. The van der Waals surface area contributed by atoms with Crippen molar-refractivity contribution in [3.8, 4) is 0 Å². The molecule has 1 saturated heterocycles. The molecular formula is C23H29ClN2O. The molecule has 1 heterocycles. The fraction of sp³-hybridized carbons (Fsp3) is 0.435. The average Bonchev–Trinajstić information content (AvgIpc) is 2.69. The summed E-state index contributed by atoms with van der Waals surface area (Å²) >= 11 is 6.29. The van der Waals surface area contributed by atoms with Crippen molar-refractivity contribution in [1.82, 2.24) is 10.2 Å². The molecule has 1 amide bonds. The van der Waals surface area contributed by atoms with Crippen molar-refractivity contribution >= 4 is 17.5 Å². The zero-order chi connectivity index (χ0) is 19.1. The monoisotopic (exact) mass is 384 g/mol. The Morgan fingerprint density at radius 3 is 2.70 bits per heavy atom. The predicted octanol–water partition coefficient (Wildman–Crippen LogP) is 4.69. The molecule has 1 aliphatic rings. The summed E-state index contributed by atoms with van der Waals surface area (Å²) in [5, 5.41) is 4.03. The van der Waals surface area contributed by atoms with Gasteiger partial charge in [-0.15, -0.1) is 0 Å². The SMILES string of the molecule is C[C@@H](CCc1ccccc1)NC(=O)[C@@H]1CCCN(Cc2ccccc2Cl)C1. The predicted molar refractivity (Wildman–Crippen MR) is 112 cm³/mol. The van der Waals surface area contributed by atoms with Gasteiger partial charge in [0.05, 0.1) is 5.92 Å². The summed E-state index contributed by atoms with van der Waals surface area (Å²) in [7, 11) is 0. The molecule has 27 heavy (non-hydrogen) atoms. The molecule has 2 aromatic rings. The van der Waals surface area contributed by atoms with Gasteiger partial charge in [0.1, 0.15) is 0 Å². The van der Waals surface area contributed by atoms with Crippen molar-refractivity contribution in [1.29, 1.82) is 0 Å². The minimum absolute atomic E-state index is 0.0698. The lowest BCUT2D eigenvalue weighted by molar-refractivity contribution is -0.127. The van der Waals surface area contributed by atoms with Crippen LogP contribution in [0.5, 0.6) is 0 Å². The summed E-state index contributed by atoms with van der Waals surface area (Å²) in [4.78, 5) is 15.1. The summed E-state index contributed by atoms with van der Waals surface area (Å²) in [6, 6.07) is 18.6. The third kappa shape index (κ3) is 6.08. The molecule has 1 fully saturated rings. The highest BCUT2D eigenvalue weighted by Gasteiger charge is 2.26. The number of nitrogens with zero attached hydrogens (tertiary/aromatic N) is 1. The van der Waals surface area contributed by atoms with Gasteiger partial charge in [0.15, 0.2) is 0 Å². The molecule has 2 atom stereocenters. The number of nitrogens with one attached hydrogen (secondary N) is 1. The lowest BCUT2D eigenvalue weighted by Gasteiger charge is -2.32. The van der Waals surface area contributed by atoms with Crippen LogP contribution in [-0.2, 0) is 17.8 Å². The maximum Gasteiger partial charge on any atom is 0.224 e. The Kier molecular flexibility index (Phi) is 7.31. The zero-order valence-corrected chi connectivity index (χ0v) is 16.8. The molecule has 0 aromatic heterocycles. The number of halogens is 1. The van der Waals surface area contributed by atoms with Crippen molar-refractivity contribution in [3.05, 3.63) is 70.7 Å². The number of aryl methyl sites for hydroxylation is 1. The molecule has 144 valence electrons. The molecule has 0 radical (unpaired) electrons. The van der Waals surface area contributed by atoms with E-state index < -0.39 is 0 Å². The van der Waals surface area contributed by atoms with Crippen molar-refractivity contribution in [3.63, 3.8) is 0 Å². The first-order chi connectivity index (χ1) is 13.1. The van der Waals surface area contributed by atoms with Crippen LogP contribution in [0.4, 0.5) is 0 Å². The molecule has 0 bridgehead atoms. The van der Waals surface area contributed by atoms with Crippen molar-refractivity contribution in [2.24, 2.45) is 5.92 Å². The van der Waals surface area contributed by atoms with Gasteiger partial charge in [-0.25, -0.2) is 0 Å². The van der Waals surface area contributed by atoms with E-state index >= 15 is 0 Å². The number of hydrogen-bond donors (Lipinski definition) is 1. The van der Waals surface area contributed by atoms with Crippen LogP contribution >= 0.6 is 11.6 Å².